The number of hydrogen-bond donors (Lipinski definition) is 0. The van der Waals surface area contributed by atoms with E-state index in [-0.39, 0.29) is 31.1 Å². The van der Waals surface area contributed by atoms with Crippen molar-refractivity contribution in [3.8, 4) is 0 Å². The normalized spacial score (nSPS) is 12.8. The molecule has 0 aliphatic heterocycles. The lowest BCUT2D eigenvalue weighted by molar-refractivity contribution is -0.167. The largest absolute Gasteiger partial charge is 0.462 e. The zero-order chi connectivity index (χ0) is 50.7. The minimum absolute atomic E-state index is 0.0832. The van der Waals surface area contributed by atoms with Crippen molar-refractivity contribution in [3.05, 3.63) is 97.2 Å². The standard InChI is InChI=1S/C64H108O6/c1-4-7-10-13-16-18-20-22-24-26-27-28-29-30-31-32-33-34-35-36-37-38-40-41-43-45-48-51-54-57-63(66)69-60-61(59-68-62(65)56-53-50-47-15-12-9-6-3)70-64(67)58-55-52-49-46-44-42-39-25-23-21-19-17-14-11-8-5-2/h7,10,16,18-19,21-22,24-25,27-28,30-31,33-34,39,61H,4-6,8-9,11-15,17,20,23,26,29,32,35-38,40-60H2,1-3H3/b10-7-,18-16-,21-19-,24-22-,28-27-,31-30-,34-33-,39-25-. The van der Waals surface area contributed by atoms with Crippen molar-refractivity contribution in [2.45, 2.75) is 277 Å². The highest BCUT2D eigenvalue weighted by Gasteiger charge is 2.19. The molecule has 0 bridgehead atoms. The van der Waals surface area contributed by atoms with Crippen LogP contribution >= 0.6 is 0 Å². The number of rotatable bonds is 52. The Bertz CT molecular complexity index is 1400. The molecule has 0 aromatic heterocycles. The van der Waals surface area contributed by atoms with E-state index in [0.29, 0.717) is 19.3 Å². The Balaban J connectivity index is 4.16. The SMILES string of the molecule is CC/C=C\C/C=C\C/C=C\C/C=C\C/C=C\C/C=C\CCCCCCCCCCCCC(=O)OCC(COC(=O)CCCCCCCCC)OC(=O)CCCCCCC/C=C\C/C=C\CCCCCC. The van der Waals surface area contributed by atoms with Gasteiger partial charge in [0.05, 0.1) is 0 Å². The number of hydrogen-bond acceptors (Lipinski definition) is 6. The van der Waals surface area contributed by atoms with Crippen molar-refractivity contribution in [1.82, 2.24) is 0 Å². The minimum Gasteiger partial charge on any atom is -0.462 e. The van der Waals surface area contributed by atoms with Crippen LogP contribution in [0.15, 0.2) is 97.2 Å². The Morgan fingerprint density at radius 3 is 0.886 bits per heavy atom. The van der Waals surface area contributed by atoms with Crippen molar-refractivity contribution < 1.29 is 28.6 Å². The average Bonchev–Trinajstić information content (AvgIpc) is 3.36. The van der Waals surface area contributed by atoms with E-state index in [4.69, 9.17) is 14.2 Å². The molecule has 0 aliphatic carbocycles. The summed E-state index contributed by atoms with van der Waals surface area (Å²) >= 11 is 0. The number of carbonyl (C=O) groups is 3. The quantitative estimate of drug-likeness (QED) is 0.0262. The van der Waals surface area contributed by atoms with Gasteiger partial charge in [-0.1, -0.05) is 246 Å². The zero-order valence-electron chi connectivity index (χ0n) is 45.8. The highest BCUT2D eigenvalue weighted by Crippen LogP contribution is 2.15. The minimum atomic E-state index is -0.784. The zero-order valence-corrected chi connectivity index (χ0v) is 45.8. The first-order valence-electron chi connectivity index (χ1n) is 29.2. The molecule has 0 saturated heterocycles. The Morgan fingerprint density at radius 2 is 0.557 bits per heavy atom. The van der Waals surface area contributed by atoms with E-state index in [0.717, 1.165) is 122 Å². The number of carbonyl (C=O) groups excluding carboxylic acids is 3. The summed E-state index contributed by atoms with van der Waals surface area (Å²) in [4.78, 5) is 37.9. The van der Waals surface area contributed by atoms with E-state index in [2.05, 4.69) is 118 Å². The molecule has 6 nitrogen and oxygen atoms in total. The van der Waals surface area contributed by atoms with Crippen LogP contribution in [0.4, 0.5) is 0 Å². The molecule has 0 aliphatic rings. The summed E-state index contributed by atoms with van der Waals surface area (Å²) in [5.74, 6) is -0.906. The van der Waals surface area contributed by atoms with Gasteiger partial charge in [0.2, 0.25) is 0 Å². The summed E-state index contributed by atoms with van der Waals surface area (Å²) in [5.41, 5.74) is 0. The third-order valence-electron chi connectivity index (χ3n) is 12.3. The van der Waals surface area contributed by atoms with Gasteiger partial charge in [0, 0.05) is 19.3 Å². The van der Waals surface area contributed by atoms with Gasteiger partial charge in [0.25, 0.3) is 0 Å². The fourth-order valence-electron chi connectivity index (χ4n) is 7.95. The van der Waals surface area contributed by atoms with Crippen LogP contribution < -0.4 is 0 Å². The van der Waals surface area contributed by atoms with Crippen LogP contribution in [0, 0.1) is 0 Å². The smallest absolute Gasteiger partial charge is 0.306 e. The van der Waals surface area contributed by atoms with Crippen molar-refractivity contribution >= 4 is 17.9 Å². The molecule has 0 radical (unpaired) electrons. The fourth-order valence-corrected chi connectivity index (χ4v) is 7.95. The predicted molar refractivity (Wildman–Crippen MR) is 302 cm³/mol. The molecular weight excluding hydrogens is 865 g/mol. The topological polar surface area (TPSA) is 78.9 Å². The van der Waals surface area contributed by atoms with E-state index in [1.807, 2.05) is 0 Å². The molecule has 1 atom stereocenters. The molecule has 0 saturated carbocycles. The summed E-state index contributed by atoms with van der Waals surface area (Å²) in [5, 5.41) is 0. The molecular formula is C64H108O6. The van der Waals surface area contributed by atoms with E-state index in [9.17, 15) is 14.4 Å². The Hall–Kier alpha value is -3.67. The van der Waals surface area contributed by atoms with E-state index < -0.39 is 6.10 Å². The highest BCUT2D eigenvalue weighted by molar-refractivity contribution is 5.71. The third kappa shape index (κ3) is 55.3. The number of allylic oxidation sites excluding steroid dienone is 16. The maximum atomic E-state index is 12.8. The van der Waals surface area contributed by atoms with Gasteiger partial charge in [-0.05, 0) is 103 Å². The molecule has 0 aromatic carbocycles. The number of esters is 3. The van der Waals surface area contributed by atoms with Gasteiger partial charge in [-0.15, -0.1) is 0 Å². The van der Waals surface area contributed by atoms with Crippen LogP contribution in [0.5, 0.6) is 0 Å². The summed E-state index contributed by atoms with van der Waals surface area (Å²) < 4.78 is 16.8. The van der Waals surface area contributed by atoms with Crippen molar-refractivity contribution in [2.75, 3.05) is 13.2 Å². The molecule has 0 rings (SSSR count). The van der Waals surface area contributed by atoms with Crippen LogP contribution in [-0.4, -0.2) is 37.2 Å². The van der Waals surface area contributed by atoms with Crippen LogP contribution in [-0.2, 0) is 28.6 Å². The van der Waals surface area contributed by atoms with Gasteiger partial charge in [-0.3, -0.25) is 14.4 Å². The van der Waals surface area contributed by atoms with Crippen LogP contribution in [0.3, 0.4) is 0 Å². The van der Waals surface area contributed by atoms with Crippen molar-refractivity contribution in [2.24, 2.45) is 0 Å². The first kappa shape index (κ1) is 66.3. The van der Waals surface area contributed by atoms with Gasteiger partial charge in [0.15, 0.2) is 6.10 Å². The van der Waals surface area contributed by atoms with E-state index in [1.54, 1.807) is 0 Å². The van der Waals surface area contributed by atoms with Gasteiger partial charge in [-0.2, -0.15) is 0 Å². The second-order valence-electron chi connectivity index (χ2n) is 19.2. The second-order valence-corrected chi connectivity index (χ2v) is 19.2. The Labute approximate surface area is 432 Å². The summed E-state index contributed by atoms with van der Waals surface area (Å²) in [6.45, 7) is 6.45. The molecule has 0 aromatic rings. The first-order valence-corrected chi connectivity index (χ1v) is 29.2. The molecule has 6 heteroatoms. The molecule has 0 N–H and O–H groups in total. The second kappa shape index (κ2) is 57.9. The lowest BCUT2D eigenvalue weighted by Gasteiger charge is -2.18. The average molecular weight is 974 g/mol. The number of unbranched alkanes of at least 4 members (excludes halogenated alkanes) is 25. The maximum Gasteiger partial charge on any atom is 0.306 e. The predicted octanol–water partition coefficient (Wildman–Crippen LogP) is 19.7. The Morgan fingerprint density at radius 1 is 0.300 bits per heavy atom. The maximum absolute atomic E-state index is 12.8. The molecule has 400 valence electrons. The fraction of sp³-hybridized carbons (Fsp3) is 0.703. The van der Waals surface area contributed by atoms with Gasteiger partial charge >= 0.3 is 17.9 Å². The summed E-state index contributed by atoms with van der Waals surface area (Å²) in [6, 6.07) is 0. The summed E-state index contributed by atoms with van der Waals surface area (Å²) in [6.07, 6.45) is 77.1. The monoisotopic (exact) mass is 973 g/mol. The highest BCUT2D eigenvalue weighted by atomic mass is 16.6. The molecule has 1 unspecified atom stereocenters. The van der Waals surface area contributed by atoms with Gasteiger partial charge < -0.3 is 14.2 Å². The molecule has 0 spiro atoms. The van der Waals surface area contributed by atoms with Gasteiger partial charge in [0.1, 0.15) is 13.2 Å². The van der Waals surface area contributed by atoms with Crippen molar-refractivity contribution in [1.29, 1.82) is 0 Å². The Kier molecular flexibility index (Phi) is 54.9. The van der Waals surface area contributed by atoms with Crippen LogP contribution in [0.2, 0.25) is 0 Å². The molecule has 0 fully saturated rings. The van der Waals surface area contributed by atoms with E-state index >= 15 is 0 Å². The molecule has 70 heavy (non-hydrogen) atoms. The van der Waals surface area contributed by atoms with Crippen LogP contribution in [0.1, 0.15) is 271 Å². The first-order chi connectivity index (χ1) is 34.5. The lowest BCUT2D eigenvalue weighted by atomic mass is 10.1. The van der Waals surface area contributed by atoms with Crippen LogP contribution in [0.25, 0.3) is 0 Å². The number of ether oxygens (including phenoxy) is 3. The summed E-state index contributed by atoms with van der Waals surface area (Å²) in [7, 11) is 0. The molecule has 0 heterocycles. The van der Waals surface area contributed by atoms with E-state index in [1.165, 1.54) is 109 Å². The third-order valence-corrected chi connectivity index (χ3v) is 12.3. The molecule has 0 amide bonds. The lowest BCUT2D eigenvalue weighted by Crippen LogP contribution is -2.30. The van der Waals surface area contributed by atoms with Crippen molar-refractivity contribution in [3.63, 3.8) is 0 Å². The van der Waals surface area contributed by atoms with Gasteiger partial charge in [-0.25, -0.2) is 0 Å².